The molecule has 19 heavy (non-hydrogen) atoms. The Labute approximate surface area is 110 Å². The van der Waals surface area contributed by atoms with Gasteiger partial charge >= 0.3 is 5.97 Å². The molecule has 1 heterocycles. The zero-order chi connectivity index (χ0) is 13.8. The lowest BCUT2D eigenvalue weighted by molar-refractivity contribution is -0.147. The number of carboxylic acid groups (broad SMARTS) is 1. The SMILES string of the molecule is NC(=O)COc1ccc(CN2CC(C(=O)O)C2)cc1. The highest BCUT2D eigenvalue weighted by molar-refractivity contribution is 5.75. The summed E-state index contributed by atoms with van der Waals surface area (Å²) in [5.41, 5.74) is 6.06. The van der Waals surface area contributed by atoms with E-state index in [-0.39, 0.29) is 12.5 Å². The Kier molecular flexibility index (Phi) is 4.01. The van der Waals surface area contributed by atoms with Gasteiger partial charge in [-0.25, -0.2) is 0 Å². The predicted octanol–water partition coefficient (Wildman–Crippen LogP) is 0.0671. The van der Waals surface area contributed by atoms with Gasteiger partial charge in [0.1, 0.15) is 5.75 Å². The third-order valence-electron chi connectivity index (χ3n) is 3.02. The van der Waals surface area contributed by atoms with E-state index in [1.54, 1.807) is 12.1 Å². The zero-order valence-corrected chi connectivity index (χ0v) is 10.4. The highest BCUT2D eigenvalue weighted by Crippen LogP contribution is 2.20. The van der Waals surface area contributed by atoms with E-state index in [4.69, 9.17) is 15.6 Å². The second-order valence-corrected chi connectivity index (χ2v) is 4.63. The van der Waals surface area contributed by atoms with Crippen LogP contribution in [-0.4, -0.2) is 41.6 Å². The third-order valence-corrected chi connectivity index (χ3v) is 3.02. The fourth-order valence-electron chi connectivity index (χ4n) is 1.96. The van der Waals surface area contributed by atoms with Crippen LogP contribution in [0.25, 0.3) is 0 Å². The molecule has 0 unspecified atom stereocenters. The van der Waals surface area contributed by atoms with E-state index in [1.165, 1.54) is 0 Å². The zero-order valence-electron chi connectivity index (χ0n) is 10.4. The average molecular weight is 264 g/mol. The van der Waals surface area contributed by atoms with Crippen molar-refractivity contribution in [1.29, 1.82) is 0 Å². The van der Waals surface area contributed by atoms with Crippen molar-refractivity contribution in [3.63, 3.8) is 0 Å². The molecular formula is C13H16N2O4. The number of nitrogens with zero attached hydrogens (tertiary/aromatic N) is 1. The Hall–Kier alpha value is -2.08. The molecule has 1 saturated heterocycles. The number of ether oxygens (including phenoxy) is 1. The van der Waals surface area contributed by atoms with Crippen molar-refractivity contribution in [1.82, 2.24) is 4.90 Å². The molecule has 0 spiro atoms. The summed E-state index contributed by atoms with van der Waals surface area (Å²) < 4.78 is 5.15. The molecule has 3 N–H and O–H groups in total. The quantitative estimate of drug-likeness (QED) is 0.758. The molecule has 2 rings (SSSR count). The molecule has 1 amide bonds. The first-order valence-electron chi connectivity index (χ1n) is 6.00. The number of aliphatic carboxylic acids is 1. The molecular weight excluding hydrogens is 248 g/mol. The van der Waals surface area contributed by atoms with E-state index in [1.807, 2.05) is 12.1 Å². The Morgan fingerprint density at radius 1 is 1.32 bits per heavy atom. The number of likely N-dealkylation sites (tertiary alicyclic amines) is 1. The summed E-state index contributed by atoms with van der Waals surface area (Å²) in [5.74, 6) is -0.886. The van der Waals surface area contributed by atoms with Gasteiger partial charge in [-0.3, -0.25) is 14.5 Å². The number of carboxylic acids is 1. The van der Waals surface area contributed by atoms with Crippen LogP contribution in [0.5, 0.6) is 5.75 Å². The summed E-state index contributed by atoms with van der Waals surface area (Å²) in [7, 11) is 0. The van der Waals surface area contributed by atoms with Gasteiger partial charge in [0.25, 0.3) is 5.91 Å². The molecule has 1 aliphatic heterocycles. The normalized spacial score (nSPS) is 15.8. The molecule has 0 bridgehead atoms. The van der Waals surface area contributed by atoms with E-state index < -0.39 is 11.9 Å². The molecule has 0 atom stereocenters. The fourth-order valence-corrected chi connectivity index (χ4v) is 1.96. The average Bonchev–Trinajstić information content (AvgIpc) is 2.31. The lowest BCUT2D eigenvalue weighted by Crippen LogP contribution is -2.49. The first-order valence-corrected chi connectivity index (χ1v) is 6.00. The van der Waals surface area contributed by atoms with Crippen LogP contribution in [0.1, 0.15) is 5.56 Å². The topological polar surface area (TPSA) is 92.9 Å². The van der Waals surface area contributed by atoms with Crippen molar-refractivity contribution < 1.29 is 19.4 Å². The number of amides is 1. The van der Waals surface area contributed by atoms with Crippen molar-refractivity contribution in [3.8, 4) is 5.75 Å². The Bertz CT molecular complexity index is 466. The maximum Gasteiger partial charge on any atom is 0.309 e. The van der Waals surface area contributed by atoms with Gasteiger partial charge in [-0.1, -0.05) is 12.1 Å². The van der Waals surface area contributed by atoms with Crippen LogP contribution in [0.2, 0.25) is 0 Å². The summed E-state index contributed by atoms with van der Waals surface area (Å²) in [4.78, 5) is 23.3. The summed E-state index contributed by atoms with van der Waals surface area (Å²) in [6, 6.07) is 7.33. The third kappa shape index (κ3) is 3.69. The van der Waals surface area contributed by atoms with Gasteiger partial charge < -0.3 is 15.6 Å². The van der Waals surface area contributed by atoms with Crippen molar-refractivity contribution in [2.24, 2.45) is 11.7 Å². The summed E-state index contributed by atoms with van der Waals surface area (Å²) >= 11 is 0. The molecule has 0 aromatic heterocycles. The minimum Gasteiger partial charge on any atom is -0.484 e. The second-order valence-electron chi connectivity index (χ2n) is 4.63. The Balaban J connectivity index is 1.79. The van der Waals surface area contributed by atoms with E-state index in [0.29, 0.717) is 18.8 Å². The fraction of sp³-hybridized carbons (Fsp3) is 0.385. The minimum atomic E-state index is -0.730. The van der Waals surface area contributed by atoms with Crippen molar-refractivity contribution in [3.05, 3.63) is 29.8 Å². The van der Waals surface area contributed by atoms with Crippen LogP contribution < -0.4 is 10.5 Å². The number of carbonyl (C=O) groups is 2. The molecule has 0 aliphatic carbocycles. The smallest absolute Gasteiger partial charge is 0.309 e. The molecule has 0 saturated carbocycles. The maximum absolute atomic E-state index is 10.7. The summed E-state index contributed by atoms with van der Waals surface area (Å²) in [6.07, 6.45) is 0. The number of carbonyl (C=O) groups excluding carboxylic acids is 1. The van der Waals surface area contributed by atoms with E-state index in [2.05, 4.69) is 4.90 Å². The summed E-state index contributed by atoms with van der Waals surface area (Å²) in [5, 5.41) is 8.78. The van der Waals surface area contributed by atoms with Crippen molar-refractivity contribution in [2.45, 2.75) is 6.54 Å². The summed E-state index contributed by atoms with van der Waals surface area (Å²) in [6.45, 7) is 1.77. The Morgan fingerprint density at radius 3 is 2.47 bits per heavy atom. The van der Waals surface area contributed by atoms with Gasteiger partial charge in [-0.2, -0.15) is 0 Å². The predicted molar refractivity (Wildman–Crippen MR) is 67.5 cm³/mol. The van der Waals surface area contributed by atoms with Gasteiger partial charge in [0, 0.05) is 19.6 Å². The van der Waals surface area contributed by atoms with Gasteiger partial charge in [-0.15, -0.1) is 0 Å². The van der Waals surface area contributed by atoms with Crippen LogP contribution in [-0.2, 0) is 16.1 Å². The van der Waals surface area contributed by atoms with E-state index in [0.717, 1.165) is 12.1 Å². The molecule has 0 radical (unpaired) electrons. The number of hydrogen-bond donors (Lipinski definition) is 2. The lowest BCUT2D eigenvalue weighted by atomic mass is 10.00. The highest BCUT2D eigenvalue weighted by atomic mass is 16.5. The first-order chi connectivity index (χ1) is 9.04. The molecule has 102 valence electrons. The number of benzene rings is 1. The van der Waals surface area contributed by atoms with Crippen LogP contribution >= 0.6 is 0 Å². The number of hydrogen-bond acceptors (Lipinski definition) is 4. The number of nitrogens with two attached hydrogens (primary N) is 1. The molecule has 6 nitrogen and oxygen atoms in total. The molecule has 1 aromatic rings. The first kappa shape index (κ1) is 13.4. The number of primary amides is 1. The van der Waals surface area contributed by atoms with Gasteiger partial charge in [0.2, 0.25) is 0 Å². The molecule has 1 aromatic carbocycles. The highest BCUT2D eigenvalue weighted by Gasteiger charge is 2.31. The van der Waals surface area contributed by atoms with Crippen molar-refractivity contribution >= 4 is 11.9 Å². The monoisotopic (exact) mass is 264 g/mol. The van der Waals surface area contributed by atoms with Crippen LogP contribution in [0, 0.1) is 5.92 Å². The second kappa shape index (κ2) is 5.71. The minimum absolute atomic E-state index is 0.133. The van der Waals surface area contributed by atoms with Gasteiger partial charge in [-0.05, 0) is 17.7 Å². The molecule has 6 heteroatoms. The van der Waals surface area contributed by atoms with Crippen LogP contribution in [0.3, 0.4) is 0 Å². The largest absolute Gasteiger partial charge is 0.484 e. The molecule has 1 aliphatic rings. The molecule has 1 fully saturated rings. The van der Waals surface area contributed by atoms with Crippen molar-refractivity contribution in [2.75, 3.05) is 19.7 Å². The maximum atomic E-state index is 10.7. The number of rotatable bonds is 6. The van der Waals surface area contributed by atoms with E-state index >= 15 is 0 Å². The standard InChI is InChI=1S/C13H16N2O4/c14-12(16)8-19-11-3-1-9(2-4-11)5-15-6-10(7-15)13(17)18/h1-4,10H,5-8H2,(H2,14,16)(H,17,18). The Morgan fingerprint density at radius 2 is 1.95 bits per heavy atom. The lowest BCUT2D eigenvalue weighted by Gasteiger charge is -2.36. The van der Waals surface area contributed by atoms with Gasteiger partial charge in [0.15, 0.2) is 6.61 Å². The van der Waals surface area contributed by atoms with E-state index in [9.17, 15) is 9.59 Å². The van der Waals surface area contributed by atoms with Gasteiger partial charge in [0.05, 0.1) is 5.92 Å². The van der Waals surface area contributed by atoms with Crippen LogP contribution in [0.15, 0.2) is 24.3 Å². The van der Waals surface area contributed by atoms with Crippen LogP contribution in [0.4, 0.5) is 0 Å².